The van der Waals surface area contributed by atoms with Gasteiger partial charge in [-0.1, -0.05) is 30.1 Å². The normalized spacial score (nSPS) is 13.2. The van der Waals surface area contributed by atoms with E-state index in [0.717, 1.165) is 29.9 Å². The molecule has 3 nitrogen and oxygen atoms in total. The maximum Gasteiger partial charge on any atom is 0.125 e. The van der Waals surface area contributed by atoms with Crippen LogP contribution in [0.4, 0.5) is 0 Å². The lowest BCUT2D eigenvalue weighted by molar-refractivity contribution is 0.352. The highest BCUT2D eigenvalue weighted by Gasteiger charge is 2.10. The van der Waals surface area contributed by atoms with E-state index in [4.69, 9.17) is 38.4 Å². The van der Waals surface area contributed by atoms with Gasteiger partial charge in [0, 0.05) is 11.6 Å². The summed E-state index contributed by atoms with van der Waals surface area (Å²) in [4.78, 5) is 0. The van der Waals surface area contributed by atoms with Gasteiger partial charge in [0.25, 0.3) is 0 Å². The van der Waals surface area contributed by atoms with Crippen LogP contribution in [-0.2, 0) is 6.42 Å². The molecule has 5 heteroatoms. The number of nitrogens with two attached hydrogens (primary N) is 1. The highest BCUT2D eigenvalue weighted by atomic mass is 35.5. The third-order valence-corrected chi connectivity index (χ3v) is 3.35. The van der Waals surface area contributed by atoms with Crippen LogP contribution in [0.25, 0.3) is 0 Å². The van der Waals surface area contributed by atoms with Gasteiger partial charge in [-0.15, -0.1) is 0 Å². The molecule has 0 radical (unpaired) electrons. The number of rotatable bonds is 7. The molecule has 0 heterocycles. The Kier molecular flexibility index (Phi) is 7.06. The van der Waals surface area contributed by atoms with Gasteiger partial charge in [0.1, 0.15) is 18.1 Å². The van der Waals surface area contributed by atoms with Crippen LogP contribution in [0, 0.1) is 0 Å². The molecule has 0 aliphatic carbocycles. The Morgan fingerprint density at radius 3 is 2.79 bits per heavy atom. The van der Waals surface area contributed by atoms with Crippen LogP contribution >= 0.6 is 23.2 Å². The second-order valence-electron chi connectivity index (χ2n) is 4.19. The van der Waals surface area contributed by atoms with Crippen molar-refractivity contribution in [1.29, 1.82) is 0 Å². The molecular weight excluding hydrogens is 285 g/mol. The third-order valence-electron chi connectivity index (χ3n) is 2.76. The first kappa shape index (κ1) is 16.2. The zero-order valence-electron chi connectivity index (χ0n) is 11.2. The summed E-state index contributed by atoms with van der Waals surface area (Å²) in [5.41, 5.74) is 8.29. The molecule has 106 valence electrons. The molecule has 1 rings (SSSR count). The predicted molar refractivity (Wildman–Crippen MR) is 80.2 cm³/mol. The lowest BCUT2D eigenvalue weighted by atomic mass is 10.0. The van der Waals surface area contributed by atoms with E-state index in [1.807, 2.05) is 18.2 Å². The number of ether oxygens (including phenoxy) is 2. The quantitative estimate of drug-likeness (QED) is 0.836. The number of benzene rings is 1. The summed E-state index contributed by atoms with van der Waals surface area (Å²) in [6, 6.07) is 5.72. The zero-order chi connectivity index (χ0) is 14.3. The number of halogens is 2. The summed E-state index contributed by atoms with van der Waals surface area (Å²) in [6.45, 7) is 2.30. The van der Waals surface area contributed by atoms with Gasteiger partial charge in [-0.25, -0.2) is 0 Å². The Morgan fingerprint density at radius 1 is 1.47 bits per heavy atom. The van der Waals surface area contributed by atoms with Crippen molar-refractivity contribution in [3.8, 4) is 11.5 Å². The lowest BCUT2D eigenvalue weighted by Crippen LogP contribution is -2.21. The highest BCUT2D eigenvalue weighted by Crippen LogP contribution is 2.26. The number of hydrogen-bond acceptors (Lipinski definition) is 3. The van der Waals surface area contributed by atoms with Crippen molar-refractivity contribution in [3.05, 3.63) is 34.3 Å². The average molecular weight is 304 g/mol. The molecule has 19 heavy (non-hydrogen) atoms. The van der Waals surface area contributed by atoms with Crippen LogP contribution in [0.1, 0.15) is 18.9 Å². The fraction of sp³-hybridized carbons (Fsp3) is 0.429. The Bertz CT molecular complexity index is 435. The van der Waals surface area contributed by atoms with Gasteiger partial charge in [0.2, 0.25) is 0 Å². The molecule has 0 amide bonds. The molecule has 0 spiro atoms. The van der Waals surface area contributed by atoms with E-state index >= 15 is 0 Å². The van der Waals surface area contributed by atoms with Gasteiger partial charge in [-0.05, 0) is 36.6 Å². The third kappa shape index (κ3) is 5.31. The summed E-state index contributed by atoms with van der Waals surface area (Å²) in [6.07, 6.45) is 1.63. The Hall–Kier alpha value is -0.900. The van der Waals surface area contributed by atoms with Crippen molar-refractivity contribution in [2.45, 2.75) is 25.8 Å². The molecule has 0 saturated carbocycles. The summed E-state index contributed by atoms with van der Waals surface area (Å²) in [7, 11) is 1.63. The molecule has 1 atom stereocenters. The largest absolute Gasteiger partial charge is 0.497 e. The second-order valence-corrected chi connectivity index (χ2v) is 4.89. The van der Waals surface area contributed by atoms with Gasteiger partial charge in [-0.3, -0.25) is 0 Å². The molecule has 0 aliphatic rings. The topological polar surface area (TPSA) is 44.5 Å². The van der Waals surface area contributed by atoms with E-state index in [-0.39, 0.29) is 12.6 Å². The first-order chi connectivity index (χ1) is 9.10. The molecule has 0 bridgehead atoms. The molecule has 1 aromatic rings. The highest BCUT2D eigenvalue weighted by molar-refractivity contribution is 6.36. The van der Waals surface area contributed by atoms with E-state index in [2.05, 4.69) is 6.92 Å². The average Bonchev–Trinajstić information content (AvgIpc) is 2.45. The lowest BCUT2D eigenvalue weighted by Gasteiger charge is -2.15. The van der Waals surface area contributed by atoms with Crippen molar-refractivity contribution in [1.82, 2.24) is 0 Å². The van der Waals surface area contributed by atoms with Crippen LogP contribution in [0.3, 0.4) is 0 Å². The standard InChI is InChI=1S/C14H19Cl2NO2/c1-3-12(17)6-10-7-13(18-2)4-5-14(10)19-9-11(16)8-15/h4-5,7-8,12H,3,6,9,17H2,1-2H3. The van der Waals surface area contributed by atoms with E-state index < -0.39 is 0 Å². The second kappa shape index (κ2) is 8.31. The Balaban J connectivity index is 2.88. The minimum atomic E-state index is 0.0912. The smallest absolute Gasteiger partial charge is 0.125 e. The molecule has 1 aromatic carbocycles. The van der Waals surface area contributed by atoms with Crippen molar-refractivity contribution >= 4 is 23.2 Å². The van der Waals surface area contributed by atoms with Crippen LogP contribution in [0.5, 0.6) is 11.5 Å². The Morgan fingerprint density at radius 2 is 2.21 bits per heavy atom. The van der Waals surface area contributed by atoms with E-state index in [0.29, 0.717) is 5.03 Å². The van der Waals surface area contributed by atoms with E-state index in [1.165, 1.54) is 5.54 Å². The van der Waals surface area contributed by atoms with E-state index in [1.54, 1.807) is 7.11 Å². The summed E-state index contributed by atoms with van der Waals surface area (Å²) in [5.74, 6) is 1.53. The first-order valence-electron chi connectivity index (χ1n) is 6.10. The molecule has 0 saturated heterocycles. The van der Waals surface area contributed by atoms with E-state index in [9.17, 15) is 0 Å². The summed E-state index contributed by atoms with van der Waals surface area (Å²) in [5, 5.41) is 0.447. The molecule has 2 N–H and O–H groups in total. The van der Waals surface area contributed by atoms with Crippen LogP contribution in [0.15, 0.2) is 28.8 Å². The minimum Gasteiger partial charge on any atom is -0.497 e. The molecule has 0 aromatic heterocycles. The van der Waals surface area contributed by atoms with Crippen LogP contribution in [-0.4, -0.2) is 19.8 Å². The molecule has 0 fully saturated rings. The number of hydrogen-bond donors (Lipinski definition) is 1. The Labute approximate surface area is 124 Å². The van der Waals surface area contributed by atoms with Crippen molar-refractivity contribution in [2.75, 3.05) is 13.7 Å². The molecule has 0 aliphatic heterocycles. The fourth-order valence-corrected chi connectivity index (χ4v) is 1.71. The van der Waals surface area contributed by atoms with Crippen LogP contribution in [0.2, 0.25) is 0 Å². The van der Waals surface area contributed by atoms with Crippen molar-refractivity contribution in [3.63, 3.8) is 0 Å². The van der Waals surface area contributed by atoms with Gasteiger partial charge in [0.15, 0.2) is 0 Å². The monoisotopic (exact) mass is 303 g/mol. The van der Waals surface area contributed by atoms with Crippen molar-refractivity contribution < 1.29 is 9.47 Å². The summed E-state index contributed by atoms with van der Waals surface area (Å²) < 4.78 is 10.9. The number of methoxy groups -OCH3 is 1. The minimum absolute atomic E-state index is 0.0912. The van der Waals surface area contributed by atoms with Crippen molar-refractivity contribution in [2.24, 2.45) is 5.73 Å². The fourth-order valence-electron chi connectivity index (χ4n) is 1.59. The zero-order valence-corrected chi connectivity index (χ0v) is 12.7. The maximum absolute atomic E-state index is 5.99. The van der Waals surface area contributed by atoms with Gasteiger partial charge >= 0.3 is 0 Å². The van der Waals surface area contributed by atoms with Crippen LogP contribution < -0.4 is 15.2 Å². The predicted octanol–water partition coefficient (Wildman–Crippen LogP) is 3.67. The van der Waals surface area contributed by atoms with Gasteiger partial charge in [0.05, 0.1) is 12.1 Å². The van der Waals surface area contributed by atoms with Gasteiger partial charge < -0.3 is 15.2 Å². The maximum atomic E-state index is 5.99. The molecule has 1 unspecified atom stereocenters. The SMILES string of the molecule is CCC(N)Cc1cc(OC)ccc1OCC(Cl)=CCl. The van der Waals surface area contributed by atoms with Gasteiger partial charge in [-0.2, -0.15) is 0 Å². The first-order valence-corrected chi connectivity index (χ1v) is 6.92. The molecular formula is C14H19Cl2NO2. The summed E-state index contributed by atoms with van der Waals surface area (Å²) >= 11 is 11.3.